The maximum absolute atomic E-state index is 9.62. The minimum atomic E-state index is -0.253. The number of aromatic hydroxyl groups is 1. The van der Waals surface area contributed by atoms with Crippen molar-refractivity contribution in [1.29, 1.82) is 0 Å². The fourth-order valence-electron chi connectivity index (χ4n) is 2.29. The van der Waals surface area contributed by atoms with Crippen LogP contribution in [0.2, 0.25) is 0 Å². The van der Waals surface area contributed by atoms with Crippen LogP contribution in [0.1, 0.15) is 39.0 Å². The molecule has 1 aliphatic rings. The lowest BCUT2D eigenvalue weighted by atomic mass is 9.98. The Morgan fingerprint density at radius 1 is 1.16 bits per heavy atom. The summed E-state index contributed by atoms with van der Waals surface area (Å²) in [5, 5.41) is 9.62. The highest BCUT2D eigenvalue weighted by Crippen LogP contribution is 2.31. The third kappa shape index (κ3) is 4.63. The van der Waals surface area contributed by atoms with E-state index in [2.05, 4.69) is 45.2 Å². The van der Waals surface area contributed by atoms with Crippen molar-refractivity contribution in [3.05, 3.63) is 19.3 Å². The van der Waals surface area contributed by atoms with Gasteiger partial charge in [-0.15, -0.1) is 0 Å². The standard InChI is InChI=1S/C14H18I2O3/c1-9(18-10-5-3-2-4-6-10)19-14-8-11(15)13(17)7-12(14)16/h7-10,17H,2-6H2,1H3. The van der Waals surface area contributed by atoms with Crippen LogP contribution in [0, 0.1) is 7.14 Å². The zero-order valence-electron chi connectivity index (χ0n) is 10.9. The lowest BCUT2D eigenvalue weighted by Crippen LogP contribution is -2.26. The fraction of sp³-hybridized carbons (Fsp3) is 0.571. The molecule has 1 aromatic rings. The summed E-state index contributed by atoms with van der Waals surface area (Å²) in [6.07, 6.45) is 6.19. The maximum Gasteiger partial charge on any atom is 0.197 e. The second-order valence-electron chi connectivity index (χ2n) is 4.82. The molecule has 0 aromatic heterocycles. The van der Waals surface area contributed by atoms with Gasteiger partial charge in [-0.1, -0.05) is 19.3 Å². The Balaban J connectivity index is 1.94. The summed E-state index contributed by atoms with van der Waals surface area (Å²) in [4.78, 5) is 0. The Morgan fingerprint density at radius 3 is 2.53 bits per heavy atom. The molecule has 5 heteroatoms. The van der Waals surface area contributed by atoms with Crippen LogP contribution in [0.25, 0.3) is 0 Å². The maximum atomic E-state index is 9.62. The highest BCUT2D eigenvalue weighted by Gasteiger charge is 2.18. The lowest BCUT2D eigenvalue weighted by molar-refractivity contribution is -0.117. The van der Waals surface area contributed by atoms with Crippen molar-refractivity contribution in [2.75, 3.05) is 0 Å². The molecule has 1 fully saturated rings. The van der Waals surface area contributed by atoms with Gasteiger partial charge in [-0.2, -0.15) is 0 Å². The molecule has 0 radical (unpaired) electrons. The molecule has 1 N–H and O–H groups in total. The van der Waals surface area contributed by atoms with E-state index < -0.39 is 0 Å². The molecule has 1 aliphatic carbocycles. The molecule has 1 saturated carbocycles. The van der Waals surface area contributed by atoms with Gasteiger partial charge in [0, 0.05) is 0 Å². The first-order chi connectivity index (χ1) is 9.06. The van der Waals surface area contributed by atoms with Gasteiger partial charge in [0.2, 0.25) is 0 Å². The van der Waals surface area contributed by atoms with Gasteiger partial charge >= 0.3 is 0 Å². The monoisotopic (exact) mass is 488 g/mol. The van der Waals surface area contributed by atoms with E-state index in [1.807, 2.05) is 13.0 Å². The minimum Gasteiger partial charge on any atom is -0.507 e. The average molecular weight is 488 g/mol. The van der Waals surface area contributed by atoms with Crippen molar-refractivity contribution >= 4 is 45.2 Å². The first kappa shape index (κ1) is 15.6. The summed E-state index contributed by atoms with van der Waals surface area (Å²) in [7, 11) is 0. The molecule has 106 valence electrons. The molecule has 3 nitrogen and oxygen atoms in total. The smallest absolute Gasteiger partial charge is 0.197 e. The molecular formula is C14H18I2O3. The van der Waals surface area contributed by atoms with Crippen LogP contribution in [0.15, 0.2) is 12.1 Å². The number of ether oxygens (including phenoxy) is 2. The first-order valence-electron chi connectivity index (χ1n) is 6.56. The molecule has 19 heavy (non-hydrogen) atoms. The van der Waals surface area contributed by atoms with Gasteiger partial charge in [0.15, 0.2) is 6.29 Å². The minimum absolute atomic E-state index is 0.253. The fourth-order valence-corrected chi connectivity index (χ4v) is 3.30. The largest absolute Gasteiger partial charge is 0.507 e. The van der Waals surface area contributed by atoms with Crippen LogP contribution in [-0.4, -0.2) is 17.5 Å². The van der Waals surface area contributed by atoms with E-state index in [4.69, 9.17) is 9.47 Å². The van der Waals surface area contributed by atoms with Crippen molar-refractivity contribution in [3.63, 3.8) is 0 Å². The molecule has 1 atom stereocenters. The van der Waals surface area contributed by atoms with Crippen molar-refractivity contribution in [2.24, 2.45) is 0 Å². The second-order valence-corrected chi connectivity index (χ2v) is 7.14. The van der Waals surface area contributed by atoms with Crippen molar-refractivity contribution in [3.8, 4) is 11.5 Å². The van der Waals surface area contributed by atoms with Crippen molar-refractivity contribution in [2.45, 2.75) is 51.4 Å². The van der Waals surface area contributed by atoms with Crippen molar-refractivity contribution in [1.82, 2.24) is 0 Å². The van der Waals surface area contributed by atoms with Gasteiger partial charge < -0.3 is 14.6 Å². The van der Waals surface area contributed by atoms with Crippen LogP contribution in [-0.2, 0) is 4.74 Å². The van der Waals surface area contributed by atoms with Crippen molar-refractivity contribution < 1.29 is 14.6 Å². The Morgan fingerprint density at radius 2 is 1.84 bits per heavy atom. The van der Waals surface area contributed by atoms with Crippen LogP contribution in [0.5, 0.6) is 11.5 Å². The zero-order chi connectivity index (χ0) is 13.8. The van der Waals surface area contributed by atoms with Gasteiger partial charge in [0.05, 0.1) is 13.2 Å². The van der Waals surface area contributed by atoms with E-state index in [9.17, 15) is 5.11 Å². The quantitative estimate of drug-likeness (QED) is 0.495. The lowest BCUT2D eigenvalue weighted by Gasteiger charge is -2.26. The molecule has 0 heterocycles. The number of benzene rings is 1. The number of phenols is 1. The summed E-state index contributed by atoms with van der Waals surface area (Å²) in [6, 6.07) is 3.56. The van der Waals surface area contributed by atoms with E-state index in [0.29, 0.717) is 11.9 Å². The topological polar surface area (TPSA) is 38.7 Å². The zero-order valence-corrected chi connectivity index (χ0v) is 15.2. The summed E-state index contributed by atoms with van der Waals surface area (Å²) in [6.45, 7) is 1.93. The first-order valence-corrected chi connectivity index (χ1v) is 8.72. The highest BCUT2D eigenvalue weighted by molar-refractivity contribution is 14.1. The van der Waals surface area contributed by atoms with E-state index in [-0.39, 0.29) is 6.29 Å². The molecule has 0 spiro atoms. The molecule has 0 aliphatic heterocycles. The molecule has 1 unspecified atom stereocenters. The van der Waals surface area contributed by atoms with E-state index in [0.717, 1.165) is 25.7 Å². The predicted octanol–water partition coefficient (Wildman–Crippen LogP) is 4.68. The van der Waals surface area contributed by atoms with E-state index in [1.165, 1.54) is 19.3 Å². The summed E-state index contributed by atoms with van der Waals surface area (Å²) >= 11 is 4.26. The summed E-state index contributed by atoms with van der Waals surface area (Å²) < 4.78 is 13.5. The second kappa shape index (κ2) is 7.31. The van der Waals surface area contributed by atoms with Gasteiger partial charge in [-0.3, -0.25) is 0 Å². The van der Waals surface area contributed by atoms with Crippen LogP contribution in [0.3, 0.4) is 0 Å². The summed E-state index contributed by atoms with van der Waals surface area (Å²) in [5.74, 6) is 1.06. The van der Waals surface area contributed by atoms with Gasteiger partial charge in [-0.25, -0.2) is 0 Å². The number of rotatable bonds is 4. The van der Waals surface area contributed by atoms with E-state index >= 15 is 0 Å². The highest BCUT2D eigenvalue weighted by atomic mass is 127. The Bertz CT molecular complexity index is 431. The predicted molar refractivity (Wildman–Crippen MR) is 91.6 cm³/mol. The third-order valence-corrected chi connectivity index (χ3v) is 4.94. The van der Waals surface area contributed by atoms with E-state index in [1.54, 1.807) is 6.07 Å². The Labute approximate surface area is 141 Å². The molecule has 0 bridgehead atoms. The van der Waals surface area contributed by atoms with Gasteiger partial charge in [-0.05, 0) is 77.1 Å². The van der Waals surface area contributed by atoms with Gasteiger partial charge in [0.1, 0.15) is 11.5 Å². The molecule has 0 saturated heterocycles. The number of hydrogen-bond donors (Lipinski definition) is 1. The molecule has 0 amide bonds. The van der Waals surface area contributed by atoms with Crippen LogP contribution >= 0.6 is 45.2 Å². The summed E-state index contributed by atoms with van der Waals surface area (Å²) in [5.41, 5.74) is 0. The molecule has 1 aromatic carbocycles. The third-order valence-electron chi connectivity index (χ3n) is 3.23. The Hall–Kier alpha value is 0.240. The normalized spacial score (nSPS) is 18.3. The van der Waals surface area contributed by atoms with Crippen LogP contribution < -0.4 is 4.74 Å². The number of halogens is 2. The van der Waals surface area contributed by atoms with Crippen LogP contribution in [0.4, 0.5) is 0 Å². The molecule has 2 rings (SSSR count). The Kier molecular flexibility index (Phi) is 6.01. The SMILES string of the molecule is CC(Oc1cc(I)c(O)cc1I)OC1CCCCC1. The number of phenolic OH excluding ortho intramolecular Hbond substituents is 1. The number of hydrogen-bond acceptors (Lipinski definition) is 3. The van der Waals surface area contributed by atoms with Gasteiger partial charge in [0.25, 0.3) is 0 Å². The molecular weight excluding hydrogens is 470 g/mol. The average Bonchev–Trinajstić information content (AvgIpc) is 2.37.